The number of nitrogens with zero attached hydrogens (tertiary/aromatic N) is 1. The number of rotatable bonds is 4. The molecule has 1 aromatic carbocycles. The maximum Gasteiger partial charge on any atom is 0.224 e. The highest BCUT2D eigenvalue weighted by Gasteiger charge is 2.27. The van der Waals surface area contributed by atoms with Crippen LogP contribution in [0, 0.1) is 5.92 Å². The van der Waals surface area contributed by atoms with E-state index in [0.29, 0.717) is 42.9 Å². The summed E-state index contributed by atoms with van der Waals surface area (Å²) < 4.78 is 0. The molecule has 2 N–H and O–H groups in total. The minimum Gasteiger partial charge on any atom is -0.343 e. The van der Waals surface area contributed by atoms with E-state index in [1.54, 1.807) is 24.3 Å². The van der Waals surface area contributed by atoms with Gasteiger partial charge in [0.2, 0.25) is 5.91 Å². The number of carbonyl (C=O) groups excluding carboxylic acids is 2. The van der Waals surface area contributed by atoms with E-state index >= 15 is 0 Å². The third-order valence-electron chi connectivity index (χ3n) is 3.84. The number of ketones is 1. The molecule has 1 unspecified atom stereocenters. The number of Topliss-reactive ketones (excluding diaryl/α,β-unsaturated/α-hetero) is 1. The second kappa shape index (κ2) is 8.51. The largest absolute Gasteiger partial charge is 0.343 e. The zero-order chi connectivity index (χ0) is 15.4. The summed E-state index contributed by atoms with van der Waals surface area (Å²) in [6.07, 6.45) is 1.80. The fourth-order valence-electron chi connectivity index (χ4n) is 2.65. The van der Waals surface area contributed by atoms with Gasteiger partial charge in [0, 0.05) is 42.1 Å². The number of nitrogens with two attached hydrogens (primary N) is 1. The predicted octanol–water partition coefficient (Wildman–Crippen LogP) is 2.92. The van der Waals surface area contributed by atoms with Crippen molar-refractivity contribution in [3.05, 3.63) is 34.9 Å². The first-order valence-corrected chi connectivity index (χ1v) is 7.68. The molecule has 6 heteroatoms. The summed E-state index contributed by atoms with van der Waals surface area (Å²) in [7, 11) is 0. The second-order valence-corrected chi connectivity index (χ2v) is 6.14. The monoisotopic (exact) mass is 344 g/mol. The van der Waals surface area contributed by atoms with Crippen molar-refractivity contribution in [2.75, 3.05) is 13.1 Å². The van der Waals surface area contributed by atoms with E-state index in [1.165, 1.54) is 0 Å². The molecule has 1 atom stereocenters. The Kier molecular flexibility index (Phi) is 7.33. The summed E-state index contributed by atoms with van der Waals surface area (Å²) in [5.74, 6) is 0.221. The number of benzene rings is 1. The highest BCUT2D eigenvalue weighted by molar-refractivity contribution is 6.30. The second-order valence-electron chi connectivity index (χ2n) is 5.71. The van der Waals surface area contributed by atoms with E-state index in [1.807, 2.05) is 11.8 Å². The summed E-state index contributed by atoms with van der Waals surface area (Å²) in [4.78, 5) is 26.2. The van der Waals surface area contributed by atoms with E-state index < -0.39 is 0 Å². The van der Waals surface area contributed by atoms with Crippen LogP contribution in [0.25, 0.3) is 0 Å². The Labute approximate surface area is 142 Å². The topological polar surface area (TPSA) is 63.4 Å². The first-order chi connectivity index (χ1) is 9.97. The van der Waals surface area contributed by atoms with Gasteiger partial charge in [-0.3, -0.25) is 9.59 Å². The first-order valence-electron chi connectivity index (χ1n) is 7.30. The van der Waals surface area contributed by atoms with Gasteiger partial charge < -0.3 is 10.6 Å². The predicted molar refractivity (Wildman–Crippen MR) is 90.6 cm³/mol. The van der Waals surface area contributed by atoms with Crippen molar-refractivity contribution in [2.45, 2.75) is 32.2 Å². The number of piperidine rings is 1. The molecule has 0 aliphatic carbocycles. The number of amides is 1. The Bertz CT molecular complexity index is 509. The van der Waals surface area contributed by atoms with Gasteiger partial charge in [0.15, 0.2) is 5.78 Å². The van der Waals surface area contributed by atoms with E-state index in [0.717, 1.165) is 0 Å². The molecule has 22 heavy (non-hydrogen) atoms. The van der Waals surface area contributed by atoms with Gasteiger partial charge in [-0.1, -0.05) is 11.6 Å². The van der Waals surface area contributed by atoms with Crippen molar-refractivity contribution in [3.63, 3.8) is 0 Å². The molecule has 1 amide bonds. The molecular formula is C16H22Cl2N2O2. The van der Waals surface area contributed by atoms with Gasteiger partial charge in [-0.25, -0.2) is 0 Å². The van der Waals surface area contributed by atoms with Crippen LogP contribution in [0.5, 0.6) is 0 Å². The van der Waals surface area contributed by atoms with Crippen LogP contribution in [0.15, 0.2) is 24.3 Å². The summed E-state index contributed by atoms with van der Waals surface area (Å²) in [5, 5.41) is 0.628. The molecule has 1 fully saturated rings. The van der Waals surface area contributed by atoms with Crippen LogP contribution in [0.2, 0.25) is 5.02 Å². The van der Waals surface area contributed by atoms with Gasteiger partial charge in [0.05, 0.1) is 0 Å². The fourth-order valence-corrected chi connectivity index (χ4v) is 2.77. The molecule has 1 saturated heterocycles. The molecule has 1 aliphatic rings. The zero-order valence-corrected chi connectivity index (χ0v) is 14.2. The number of hydrogen-bond donors (Lipinski definition) is 1. The molecule has 0 aromatic heterocycles. The van der Waals surface area contributed by atoms with Crippen LogP contribution in [-0.2, 0) is 4.79 Å². The summed E-state index contributed by atoms with van der Waals surface area (Å²) in [6.45, 7) is 3.10. The van der Waals surface area contributed by atoms with Crippen LogP contribution in [-0.4, -0.2) is 35.7 Å². The molecule has 0 spiro atoms. The van der Waals surface area contributed by atoms with Crippen molar-refractivity contribution >= 4 is 35.7 Å². The van der Waals surface area contributed by atoms with Crippen molar-refractivity contribution in [3.8, 4) is 0 Å². The minimum absolute atomic E-state index is 0. The number of hydrogen-bond acceptors (Lipinski definition) is 3. The van der Waals surface area contributed by atoms with Gasteiger partial charge >= 0.3 is 0 Å². The average molecular weight is 345 g/mol. The molecule has 0 saturated carbocycles. The lowest BCUT2D eigenvalue weighted by Crippen LogP contribution is -2.42. The standard InChI is InChI=1S/C16H21ClN2O2.ClH/c1-11(18)10-15(20)19-8-6-13(7-9-19)16(21)12-2-4-14(17)5-3-12;/h2-5,11,13H,6-10,18H2,1H3;1H. The Morgan fingerprint density at radius 3 is 2.32 bits per heavy atom. The van der Waals surface area contributed by atoms with Crippen molar-refractivity contribution < 1.29 is 9.59 Å². The third-order valence-corrected chi connectivity index (χ3v) is 4.10. The van der Waals surface area contributed by atoms with E-state index in [2.05, 4.69) is 0 Å². The van der Waals surface area contributed by atoms with Gasteiger partial charge in [0.25, 0.3) is 0 Å². The maximum atomic E-state index is 12.4. The maximum absolute atomic E-state index is 12.4. The SMILES string of the molecule is CC(N)CC(=O)N1CCC(C(=O)c2ccc(Cl)cc2)CC1.Cl. The summed E-state index contributed by atoms with van der Waals surface area (Å²) in [5.41, 5.74) is 6.35. The minimum atomic E-state index is -0.120. The lowest BCUT2D eigenvalue weighted by Gasteiger charge is -2.31. The fraction of sp³-hybridized carbons (Fsp3) is 0.500. The van der Waals surface area contributed by atoms with Crippen LogP contribution >= 0.6 is 24.0 Å². The summed E-state index contributed by atoms with van der Waals surface area (Å²) >= 11 is 5.83. The van der Waals surface area contributed by atoms with Gasteiger partial charge in [-0.15, -0.1) is 12.4 Å². The van der Waals surface area contributed by atoms with Crippen LogP contribution in [0.4, 0.5) is 0 Å². The normalized spacial score (nSPS) is 16.8. The molecule has 1 aromatic rings. The van der Waals surface area contributed by atoms with Crippen molar-refractivity contribution in [1.29, 1.82) is 0 Å². The quantitative estimate of drug-likeness (QED) is 0.854. The smallest absolute Gasteiger partial charge is 0.224 e. The molecule has 0 radical (unpaired) electrons. The molecule has 4 nitrogen and oxygen atoms in total. The number of carbonyl (C=O) groups is 2. The van der Waals surface area contributed by atoms with Crippen molar-refractivity contribution in [2.24, 2.45) is 11.7 Å². The third kappa shape index (κ3) is 4.97. The molecular weight excluding hydrogens is 323 g/mol. The Balaban J connectivity index is 0.00000242. The highest BCUT2D eigenvalue weighted by atomic mass is 35.5. The van der Waals surface area contributed by atoms with Gasteiger partial charge in [0.1, 0.15) is 0 Å². The van der Waals surface area contributed by atoms with E-state index in [4.69, 9.17) is 17.3 Å². The average Bonchev–Trinajstić information content (AvgIpc) is 2.47. The molecule has 1 aliphatic heterocycles. The van der Waals surface area contributed by atoms with Crippen LogP contribution in [0.3, 0.4) is 0 Å². The molecule has 122 valence electrons. The molecule has 1 heterocycles. The van der Waals surface area contributed by atoms with Gasteiger partial charge in [-0.2, -0.15) is 0 Å². The highest BCUT2D eigenvalue weighted by Crippen LogP contribution is 2.23. The molecule has 2 rings (SSSR count). The van der Waals surface area contributed by atoms with Crippen LogP contribution in [0.1, 0.15) is 36.5 Å². The Morgan fingerprint density at radius 2 is 1.82 bits per heavy atom. The van der Waals surface area contributed by atoms with Crippen LogP contribution < -0.4 is 5.73 Å². The Hall–Kier alpha value is -1.10. The molecule has 0 bridgehead atoms. The van der Waals surface area contributed by atoms with E-state index in [9.17, 15) is 9.59 Å². The number of likely N-dealkylation sites (tertiary alicyclic amines) is 1. The summed E-state index contributed by atoms with van der Waals surface area (Å²) in [6, 6.07) is 6.87. The number of halogens is 2. The van der Waals surface area contributed by atoms with Gasteiger partial charge in [-0.05, 0) is 44.0 Å². The van der Waals surface area contributed by atoms with Crippen molar-refractivity contribution in [1.82, 2.24) is 4.90 Å². The Morgan fingerprint density at radius 1 is 1.27 bits per heavy atom. The lowest BCUT2D eigenvalue weighted by atomic mass is 9.89. The first kappa shape index (κ1) is 18.9. The zero-order valence-electron chi connectivity index (χ0n) is 12.6. The lowest BCUT2D eigenvalue weighted by molar-refractivity contribution is -0.132. The van der Waals surface area contributed by atoms with E-state index in [-0.39, 0.29) is 36.1 Å².